The topological polar surface area (TPSA) is 134 Å². The van der Waals surface area contributed by atoms with Crippen LogP contribution in [0.3, 0.4) is 0 Å². The van der Waals surface area contributed by atoms with Crippen molar-refractivity contribution in [3.63, 3.8) is 0 Å². The van der Waals surface area contributed by atoms with Crippen molar-refractivity contribution in [3.8, 4) is 17.7 Å². The van der Waals surface area contributed by atoms with Crippen LogP contribution in [0.25, 0.3) is 0 Å². The molecule has 0 spiro atoms. The summed E-state index contributed by atoms with van der Waals surface area (Å²) in [7, 11) is -2.71. The third kappa shape index (κ3) is 4.06. The summed E-state index contributed by atoms with van der Waals surface area (Å²) in [6, 6.07) is 15.3. The van der Waals surface area contributed by atoms with Gasteiger partial charge in [-0.1, -0.05) is 24.3 Å². The maximum absolute atomic E-state index is 12.3. The van der Waals surface area contributed by atoms with Gasteiger partial charge >= 0.3 is 10.1 Å². The Kier molecular flexibility index (Phi) is 5.66. The van der Waals surface area contributed by atoms with Crippen LogP contribution in [0, 0.1) is 18.3 Å². The summed E-state index contributed by atoms with van der Waals surface area (Å²) in [5.74, 6) is -0.441. The van der Waals surface area contributed by atoms with E-state index in [-0.39, 0.29) is 33.1 Å². The molecule has 152 valence electrons. The van der Waals surface area contributed by atoms with Crippen LogP contribution in [0.1, 0.15) is 11.1 Å². The van der Waals surface area contributed by atoms with E-state index in [4.69, 9.17) is 4.18 Å². The molecular formula is C20H16N4O5S. The summed E-state index contributed by atoms with van der Waals surface area (Å²) < 4.78 is 30.7. The molecule has 3 rings (SSSR count). The molecule has 1 aromatic heterocycles. The first-order chi connectivity index (χ1) is 14.2. The van der Waals surface area contributed by atoms with Gasteiger partial charge < -0.3 is 9.29 Å². The van der Waals surface area contributed by atoms with Crippen LogP contribution in [-0.4, -0.2) is 18.1 Å². The average molecular weight is 424 g/mol. The Hall–Kier alpha value is -3.97. The van der Waals surface area contributed by atoms with Crippen LogP contribution in [-0.2, 0) is 17.2 Å². The molecule has 0 unspecified atom stereocenters. The lowest BCUT2D eigenvalue weighted by Gasteiger charge is -2.08. The Morgan fingerprint density at radius 2 is 1.80 bits per heavy atom. The van der Waals surface area contributed by atoms with E-state index in [0.717, 1.165) is 4.57 Å². The molecule has 1 N–H and O–H groups in total. The number of aromatic hydroxyl groups is 1. The van der Waals surface area contributed by atoms with Gasteiger partial charge in [0.05, 0.1) is 5.69 Å². The SMILES string of the molecule is Cc1c(C#N)c(O)n(C)c(=O)c1N=Nc1cccc(OS(=O)(=O)c2ccccc2)c1. The van der Waals surface area contributed by atoms with Gasteiger partial charge in [-0.05, 0) is 31.2 Å². The number of azo groups is 1. The molecule has 0 atom stereocenters. The van der Waals surface area contributed by atoms with Crippen molar-refractivity contribution in [1.82, 2.24) is 4.57 Å². The summed E-state index contributed by atoms with van der Waals surface area (Å²) in [5, 5.41) is 27.0. The van der Waals surface area contributed by atoms with Gasteiger partial charge in [-0.3, -0.25) is 9.36 Å². The van der Waals surface area contributed by atoms with E-state index < -0.39 is 21.6 Å². The molecular weight excluding hydrogens is 408 g/mol. The third-order valence-electron chi connectivity index (χ3n) is 4.21. The second kappa shape index (κ2) is 8.18. The number of nitrogens with zero attached hydrogens (tertiary/aromatic N) is 4. The smallest absolute Gasteiger partial charge is 0.339 e. The molecule has 0 saturated heterocycles. The van der Waals surface area contributed by atoms with Crippen LogP contribution in [0.15, 0.2) is 74.5 Å². The summed E-state index contributed by atoms with van der Waals surface area (Å²) in [5.41, 5.74) is -0.427. The lowest BCUT2D eigenvalue weighted by molar-refractivity contribution is 0.421. The molecule has 0 bridgehead atoms. The van der Waals surface area contributed by atoms with Crippen LogP contribution in [0.5, 0.6) is 11.6 Å². The Bertz CT molecular complexity index is 1340. The van der Waals surface area contributed by atoms with E-state index in [1.807, 2.05) is 6.07 Å². The molecule has 2 aromatic carbocycles. The molecule has 0 aliphatic heterocycles. The van der Waals surface area contributed by atoms with Crippen molar-refractivity contribution in [1.29, 1.82) is 5.26 Å². The van der Waals surface area contributed by atoms with Gasteiger partial charge in [0.2, 0.25) is 5.88 Å². The number of pyridine rings is 1. The fourth-order valence-corrected chi connectivity index (χ4v) is 3.53. The van der Waals surface area contributed by atoms with E-state index in [0.29, 0.717) is 0 Å². The van der Waals surface area contributed by atoms with Gasteiger partial charge in [0.15, 0.2) is 5.69 Å². The number of aromatic nitrogens is 1. The Morgan fingerprint density at radius 1 is 1.10 bits per heavy atom. The van der Waals surface area contributed by atoms with Crippen LogP contribution in [0.4, 0.5) is 11.4 Å². The first kappa shape index (κ1) is 20.8. The summed E-state index contributed by atoms with van der Waals surface area (Å²) in [6.07, 6.45) is 0. The van der Waals surface area contributed by atoms with Gasteiger partial charge in [-0.2, -0.15) is 18.8 Å². The molecule has 30 heavy (non-hydrogen) atoms. The predicted octanol–water partition coefficient (Wildman–Crippen LogP) is 3.45. The normalized spacial score (nSPS) is 11.4. The maximum Gasteiger partial charge on any atom is 0.339 e. The monoisotopic (exact) mass is 424 g/mol. The van der Waals surface area contributed by atoms with E-state index in [1.54, 1.807) is 18.2 Å². The molecule has 0 radical (unpaired) electrons. The second-order valence-electron chi connectivity index (χ2n) is 6.20. The third-order valence-corrected chi connectivity index (χ3v) is 5.47. The fourth-order valence-electron chi connectivity index (χ4n) is 2.59. The lowest BCUT2D eigenvalue weighted by atomic mass is 10.1. The summed E-state index contributed by atoms with van der Waals surface area (Å²) in [4.78, 5) is 12.4. The van der Waals surface area contributed by atoms with Crippen molar-refractivity contribution in [2.45, 2.75) is 11.8 Å². The van der Waals surface area contributed by atoms with Crippen LogP contribution < -0.4 is 9.74 Å². The van der Waals surface area contributed by atoms with E-state index in [1.165, 1.54) is 50.4 Å². The van der Waals surface area contributed by atoms with Crippen molar-refractivity contribution in [2.24, 2.45) is 17.3 Å². The highest BCUT2D eigenvalue weighted by Gasteiger charge is 2.18. The molecule has 9 nitrogen and oxygen atoms in total. The van der Waals surface area contributed by atoms with Gasteiger partial charge in [0, 0.05) is 18.7 Å². The van der Waals surface area contributed by atoms with Crippen LogP contribution >= 0.6 is 0 Å². The minimum absolute atomic E-state index is 0.00396. The molecule has 0 amide bonds. The Balaban J connectivity index is 1.94. The van der Waals surface area contributed by atoms with Gasteiger partial charge in [0.1, 0.15) is 22.3 Å². The average Bonchev–Trinajstić information content (AvgIpc) is 2.73. The summed E-state index contributed by atoms with van der Waals surface area (Å²) >= 11 is 0. The van der Waals surface area contributed by atoms with Crippen molar-refractivity contribution >= 4 is 21.5 Å². The minimum Gasteiger partial charge on any atom is -0.493 e. The Morgan fingerprint density at radius 3 is 2.47 bits per heavy atom. The van der Waals surface area contributed by atoms with Crippen molar-refractivity contribution < 1.29 is 17.7 Å². The first-order valence-electron chi connectivity index (χ1n) is 8.58. The molecule has 3 aromatic rings. The largest absolute Gasteiger partial charge is 0.493 e. The zero-order valence-corrected chi connectivity index (χ0v) is 16.8. The number of hydrogen-bond donors (Lipinski definition) is 1. The zero-order valence-electron chi connectivity index (χ0n) is 16.0. The molecule has 0 aliphatic carbocycles. The number of benzene rings is 2. The second-order valence-corrected chi connectivity index (χ2v) is 7.74. The highest BCUT2D eigenvalue weighted by atomic mass is 32.2. The number of rotatable bonds is 5. The van der Waals surface area contributed by atoms with Crippen molar-refractivity contribution in [2.75, 3.05) is 0 Å². The quantitative estimate of drug-likeness (QED) is 0.492. The first-order valence-corrected chi connectivity index (χ1v) is 9.99. The molecule has 0 fully saturated rings. The predicted molar refractivity (Wildman–Crippen MR) is 108 cm³/mol. The van der Waals surface area contributed by atoms with Crippen LogP contribution in [0.2, 0.25) is 0 Å². The van der Waals surface area contributed by atoms with Crippen molar-refractivity contribution in [3.05, 3.63) is 76.1 Å². The van der Waals surface area contributed by atoms with Gasteiger partial charge in [-0.25, -0.2) is 0 Å². The standard InChI is InChI=1S/C20H16N4O5S/c1-13-17(12-21)19(25)24(2)20(26)18(13)23-22-14-7-6-8-15(11-14)29-30(27,28)16-9-4-3-5-10-16/h3-11,25H,1-2H3. The molecule has 1 heterocycles. The van der Waals surface area contributed by atoms with Gasteiger partial charge in [-0.15, -0.1) is 5.11 Å². The van der Waals surface area contributed by atoms with E-state index in [9.17, 15) is 23.6 Å². The molecule has 0 saturated carbocycles. The molecule has 0 aliphatic rings. The highest BCUT2D eigenvalue weighted by molar-refractivity contribution is 7.87. The number of nitriles is 1. The van der Waals surface area contributed by atoms with E-state index >= 15 is 0 Å². The lowest BCUT2D eigenvalue weighted by Crippen LogP contribution is -2.18. The van der Waals surface area contributed by atoms with Gasteiger partial charge in [0.25, 0.3) is 5.56 Å². The minimum atomic E-state index is -4.02. The zero-order chi connectivity index (χ0) is 21.9. The van der Waals surface area contributed by atoms with E-state index in [2.05, 4.69) is 10.2 Å². The highest BCUT2D eigenvalue weighted by Crippen LogP contribution is 2.28. The fraction of sp³-hybridized carbons (Fsp3) is 0.100. The summed E-state index contributed by atoms with van der Waals surface area (Å²) in [6.45, 7) is 1.47. The maximum atomic E-state index is 12.3. The Labute approximate surface area is 172 Å². The number of hydrogen-bond acceptors (Lipinski definition) is 8. The molecule has 10 heteroatoms.